The van der Waals surface area contributed by atoms with Crippen molar-refractivity contribution in [3.05, 3.63) is 0 Å². The lowest BCUT2D eigenvalue weighted by atomic mass is 9.54. The summed E-state index contributed by atoms with van der Waals surface area (Å²) < 4.78 is 5.87. The average Bonchev–Trinajstić information content (AvgIpc) is 3.12. The number of nitrogens with zero attached hydrogens (tertiary/aromatic N) is 3. The third-order valence-electron chi connectivity index (χ3n) is 8.03. The molecule has 0 aromatic heterocycles. The van der Waals surface area contributed by atoms with Crippen molar-refractivity contribution in [3.63, 3.8) is 0 Å². The number of piperidine rings is 1. The zero-order chi connectivity index (χ0) is 18.1. The van der Waals surface area contributed by atoms with E-state index in [0.717, 1.165) is 64.6 Å². The predicted octanol–water partition coefficient (Wildman–Crippen LogP) is 2.36. The molecule has 4 aliphatic heterocycles. The molecule has 2 unspecified atom stereocenters. The minimum Gasteiger partial charge on any atom is -0.465 e. The van der Waals surface area contributed by atoms with E-state index in [1.807, 2.05) is 4.90 Å². The summed E-state index contributed by atoms with van der Waals surface area (Å²) in [4.78, 5) is 29.6. The summed E-state index contributed by atoms with van der Waals surface area (Å²) in [6, 6.07) is 1.08. The molecule has 5 fully saturated rings. The van der Waals surface area contributed by atoms with E-state index in [4.69, 9.17) is 4.74 Å². The van der Waals surface area contributed by atoms with Crippen LogP contribution in [-0.2, 0) is 4.74 Å². The molecule has 144 valence electrons. The SMILES string of the molecule is CCC1N(C(=O)O)CC12CC(N1CCC3(CC1)OC(=O)N1CCCC13)C2. The molecule has 2 amide bonds. The number of carboxylic acid groups (broad SMARTS) is 1. The Hall–Kier alpha value is -1.50. The van der Waals surface area contributed by atoms with Gasteiger partial charge in [0.15, 0.2) is 0 Å². The lowest BCUT2D eigenvalue weighted by Gasteiger charge is -2.65. The number of hydrogen-bond acceptors (Lipinski definition) is 4. The molecule has 1 N–H and O–H groups in total. The molecule has 0 aromatic carbocycles. The Kier molecular flexibility index (Phi) is 3.53. The van der Waals surface area contributed by atoms with Crippen molar-refractivity contribution in [1.29, 1.82) is 0 Å². The Labute approximate surface area is 154 Å². The zero-order valence-corrected chi connectivity index (χ0v) is 15.5. The second-order valence-corrected chi connectivity index (χ2v) is 9.08. The molecule has 5 aliphatic rings. The maximum atomic E-state index is 12.1. The van der Waals surface area contributed by atoms with Crippen LogP contribution in [0.3, 0.4) is 0 Å². The second kappa shape index (κ2) is 5.50. The highest BCUT2D eigenvalue weighted by Crippen LogP contribution is 2.56. The molecule has 26 heavy (non-hydrogen) atoms. The van der Waals surface area contributed by atoms with Crippen molar-refractivity contribution in [2.75, 3.05) is 26.2 Å². The Morgan fingerprint density at radius 3 is 2.65 bits per heavy atom. The molecular formula is C19H29N3O4. The molecule has 7 heteroatoms. The molecule has 5 rings (SSSR count). The summed E-state index contributed by atoms with van der Waals surface area (Å²) in [6.45, 7) is 5.67. The highest BCUT2D eigenvalue weighted by molar-refractivity contribution is 5.72. The summed E-state index contributed by atoms with van der Waals surface area (Å²) in [6.07, 6.45) is 6.37. The van der Waals surface area contributed by atoms with Gasteiger partial charge in [0, 0.05) is 56.5 Å². The molecule has 4 heterocycles. The number of ether oxygens (including phenoxy) is 1. The minimum absolute atomic E-state index is 0.0995. The van der Waals surface area contributed by atoms with Gasteiger partial charge in [-0.05, 0) is 32.1 Å². The molecule has 4 saturated heterocycles. The fourth-order valence-corrected chi connectivity index (χ4v) is 6.70. The smallest absolute Gasteiger partial charge is 0.410 e. The highest BCUT2D eigenvalue weighted by atomic mass is 16.6. The van der Waals surface area contributed by atoms with Crippen LogP contribution >= 0.6 is 0 Å². The van der Waals surface area contributed by atoms with Gasteiger partial charge in [0.05, 0.1) is 6.04 Å². The average molecular weight is 363 g/mol. The number of hydrogen-bond donors (Lipinski definition) is 1. The van der Waals surface area contributed by atoms with Gasteiger partial charge in [-0.1, -0.05) is 6.92 Å². The lowest BCUT2D eigenvalue weighted by molar-refractivity contribution is -0.154. The predicted molar refractivity (Wildman–Crippen MR) is 94.0 cm³/mol. The van der Waals surface area contributed by atoms with Crippen LogP contribution in [0, 0.1) is 5.41 Å². The van der Waals surface area contributed by atoms with Gasteiger partial charge in [0.1, 0.15) is 5.60 Å². The van der Waals surface area contributed by atoms with Crippen molar-refractivity contribution in [1.82, 2.24) is 14.7 Å². The van der Waals surface area contributed by atoms with E-state index in [-0.39, 0.29) is 23.2 Å². The quantitative estimate of drug-likeness (QED) is 0.815. The number of likely N-dealkylation sites (tertiary alicyclic amines) is 2. The molecule has 1 saturated carbocycles. The van der Waals surface area contributed by atoms with Crippen molar-refractivity contribution in [2.45, 2.75) is 75.6 Å². The van der Waals surface area contributed by atoms with Gasteiger partial charge in [-0.2, -0.15) is 0 Å². The van der Waals surface area contributed by atoms with Crippen molar-refractivity contribution in [2.24, 2.45) is 5.41 Å². The first-order valence-electron chi connectivity index (χ1n) is 10.2. The first-order valence-corrected chi connectivity index (χ1v) is 10.2. The van der Waals surface area contributed by atoms with E-state index in [1.54, 1.807) is 4.90 Å². The third-order valence-corrected chi connectivity index (χ3v) is 8.03. The van der Waals surface area contributed by atoms with E-state index in [0.29, 0.717) is 18.6 Å². The fourth-order valence-electron chi connectivity index (χ4n) is 6.70. The van der Waals surface area contributed by atoms with Crippen molar-refractivity contribution in [3.8, 4) is 0 Å². The summed E-state index contributed by atoms with van der Waals surface area (Å²) >= 11 is 0. The lowest BCUT2D eigenvalue weighted by Crippen LogP contribution is -2.73. The third kappa shape index (κ3) is 2.09. The molecule has 7 nitrogen and oxygen atoms in total. The van der Waals surface area contributed by atoms with Gasteiger partial charge in [0.25, 0.3) is 0 Å². The summed E-state index contributed by atoms with van der Waals surface area (Å²) in [5.41, 5.74) is -0.0108. The first-order chi connectivity index (χ1) is 12.5. The van der Waals surface area contributed by atoms with Crippen LogP contribution in [-0.4, -0.2) is 81.9 Å². The zero-order valence-electron chi connectivity index (χ0n) is 15.5. The number of fused-ring (bicyclic) bond motifs is 2. The standard InChI is InChI=1S/C19H29N3O4/c1-2-14-18(12-22(14)16(23)24)10-13(11-18)20-8-5-19(6-9-20)15-4-3-7-21(15)17(25)26-19/h13-15H,2-12H2,1H3,(H,23,24). The number of carbonyl (C=O) groups excluding carboxylic acids is 1. The van der Waals surface area contributed by atoms with Crippen LogP contribution in [0.15, 0.2) is 0 Å². The molecule has 2 spiro atoms. The van der Waals surface area contributed by atoms with E-state index in [2.05, 4.69) is 11.8 Å². The van der Waals surface area contributed by atoms with Gasteiger partial charge in [-0.15, -0.1) is 0 Å². The highest BCUT2D eigenvalue weighted by Gasteiger charge is 2.62. The van der Waals surface area contributed by atoms with Gasteiger partial charge in [-0.3, -0.25) is 0 Å². The Bertz CT molecular complexity index is 624. The molecule has 0 aromatic rings. The summed E-state index contributed by atoms with van der Waals surface area (Å²) in [7, 11) is 0. The Balaban J connectivity index is 1.18. The maximum absolute atomic E-state index is 12.1. The molecule has 2 atom stereocenters. The van der Waals surface area contributed by atoms with Crippen LogP contribution in [0.25, 0.3) is 0 Å². The van der Waals surface area contributed by atoms with Crippen molar-refractivity contribution >= 4 is 12.2 Å². The maximum Gasteiger partial charge on any atom is 0.410 e. The molecule has 0 radical (unpaired) electrons. The number of carbonyl (C=O) groups is 2. The van der Waals surface area contributed by atoms with Crippen LogP contribution in [0.1, 0.15) is 51.9 Å². The molecular weight excluding hydrogens is 334 g/mol. The second-order valence-electron chi connectivity index (χ2n) is 9.08. The van der Waals surface area contributed by atoms with Crippen molar-refractivity contribution < 1.29 is 19.4 Å². The van der Waals surface area contributed by atoms with E-state index in [9.17, 15) is 14.7 Å². The Morgan fingerprint density at radius 2 is 2.00 bits per heavy atom. The largest absolute Gasteiger partial charge is 0.465 e. The van der Waals surface area contributed by atoms with Gasteiger partial charge in [0.2, 0.25) is 0 Å². The van der Waals surface area contributed by atoms with Crippen LogP contribution in [0.2, 0.25) is 0 Å². The van der Waals surface area contributed by atoms with E-state index >= 15 is 0 Å². The summed E-state index contributed by atoms with van der Waals surface area (Å²) in [5.74, 6) is 0. The van der Waals surface area contributed by atoms with Gasteiger partial charge in [-0.25, -0.2) is 9.59 Å². The van der Waals surface area contributed by atoms with Crippen LogP contribution in [0.4, 0.5) is 9.59 Å². The Morgan fingerprint density at radius 1 is 1.27 bits per heavy atom. The first kappa shape index (κ1) is 16.7. The number of rotatable bonds is 2. The van der Waals surface area contributed by atoms with Gasteiger partial charge >= 0.3 is 12.2 Å². The molecule has 1 aliphatic carbocycles. The normalized spacial score (nSPS) is 41.1. The van der Waals surface area contributed by atoms with Crippen LogP contribution in [0.5, 0.6) is 0 Å². The summed E-state index contributed by atoms with van der Waals surface area (Å²) in [5, 5.41) is 9.29. The fraction of sp³-hybridized carbons (Fsp3) is 0.895. The van der Waals surface area contributed by atoms with Crippen LogP contribution < -0.4 is 0 Å². The van der Waals surface area contributed by atoms with Gasteiger partial charge < -0.3 is 24.5 Å². The molecule has 0 bridgehead atoms. The number of amides is 2. The monoisotopic (exact) mass is 363 g/mol. The van der Waals surface area contributed by atoms with E-state index < -0.39 is 6.09 Å². The topological polar surface area (TPSA) is 73.3 Å². The van der Waals surface area contributed by atoms with E-state index in [1.165, 1.54) is 0 Å². The minimum atomic E-state index is -0.769.